The van der Waals surface area contributed by atoms with E-state index in [-0.39, 0.29) is 5.91 Å². The molecule has 3 rings (SSSR count). The van der Waals surface area contributed by atoms with Crippen molar-refractivity contribution in [2.45, 2.75) is 6.18 Å². The number of carbonyl (C=O) groups is 1. The molecule has 1 aliphatic heterocycles. The number of halogens is 3. The maximum absolute atomic E-state index is 12.5. The smallest absolute Gasteiger partial charge is 0.369 e. The predicted molar refractivity (Wildman–Crippen MR) is 109 cm³/mol. The number of nitrogens with one attached hydrogen (secondary N) is 1. The topological polar surface area (TPSA) is 35.6 Å². The zero-order valence-corrected chi connectivity index (χ0v) is 16.0. The molecule has 7 heteroatoms. The number of carbonyl (C=O) groups excluding carboxylic acids is 1. The Hall–Kier alpha value is -2.80. The Morgan fingerprint density at radius 3 is 2.24 bits per heavy atom. The minimum absolute atomic E-state index is 0.257. The van der Waals surface area contributed by atoms with Gasteiger partial charge in [0.2, 0.25) is 5.91 Å². The van der Waals surface area contributed by atoms with Crippen LogP contribution in [0.5, 0.6) is 0 Å². The number of benzene rings is 2. The summed E-state index contributed by atoms with van der Waals surface area (Å²) in [6.07, 6.45) is -1.50. The highest BCUT2D eigenvalue weighted by molar-refractivity contribution is 5.91. The second-order valence-corrected chi connectivity index (χ2v) is 6.91. The summed E-state index contributed by atoms with van der Waals surface area (Å²) in [5, 5.41) is 2.82. The third-order valence-electron chi connectivity index (χ3n) is 4.89. The normalized spacial score (nSPS) is 15.6. The van der Waals surface area contributed by atoms with E-state index >= 15 is 0 Å². The summed E-state index contributed by atoms with van der Waals surface area (Å²) < 4.78 is 37.6. The minimum Gasteiger partial charge on any atom is -0.369 e. The summed E-state index contributed by atoms with van der Waals surface area (Å²) in [4.78, 5) is 16.6. The SMILES string of the molecule is O=C(/C=C/c1ccc(C(F)(F)F)cc1)NCCN1CCN(c2ccccc2)CC1. The monoisotopic (exact) mass is 403 g/mol. The molecule has 1 amide bonds. The first-order valence-electron chi connectivity index (χ1n) is 9.57. The highest BCUT2D eigenvalue weighted by Crippen LogP contribution is 2.29. The van der Waals surface area contributed by atoms with Gasteiger partial charge in [0.15, 0.2) is 0 Å². The molecule has 1 aliphatic rings. The molecule has 154 valence electrons. The predicted octanol–water partition coefficient (Wildman–Crippen LogP) is 3.66. The van der Waals surface area contributed by atoms with E-state index in [9.17, 15) is 18.0 Å². The Bertz CT molecular complexity index is 811. The lowest BCUT2D eigenvalue weighted by molar-refractivity contribution is -0.137. The third-order valence-corrected chi connectivity index (χ3v) is 4.89. The molecule has 0 aliphatic carbocycles. The summed E-state index contributed by atoms with van der Waals surface area (Å²) in [6, 6.07) is 15.0. The molecule has 1 heterocycles. The zero-order chi connectivity index (χ0) is 20.7. The van der Waals surface area contributed by atoms with Gasteiger partial charge in [-0.25, -0.2) is 0 Å². The molecular formula is C22H24F3N3O. The van der Waals surface area contributed by atoms with Crippen LogP contribution in [-0.4, -0.2) is 50.1 Å². The molecule has 0 radical (unpaired) electrons. The molecule has 1 fully saturated rings. The Kier molecular flexibility index (Phi) is 6.93. The molecular weight excluding hydrogens is 379 g/mol. The lowest BCUT2D eigenvalue weighted by Crippen LogP contribution is -2.48. The zero-order valence-electron chi connectivity index (χ0n) is 16.0. The Balaban J connectivity index is 1.36. The van der Waals surface area contributed by atoms with Crippen molar-refractivity contribution in [1.82, 2.24) is 10.2 Å². The van der Waals surface area contributed by atoms with E-state index in [0.29, 0.717) is 12.1 Å². The van der Waals surface area contributed by atoms with Crippen LogP contribution in [0.25, 0.3) is 6.08 Å². The highest BCUT2D eigenvalue weighted by atomic mass is 19.4. The van der Waals surface area contributed by atoms with Crippen LogP contribution in [0.4, 0.5) is 18.9 Å². The van der Waals surface area contributed by atoms with Crippen LogP contribution in [-0.2, 0) is 11.0 Å². The largest absolute Gasteiger partial charge is 0.416 e. The van der Waals surface area contributed by atoms with Gasteiger partial charge in [-0.1, -0.05) is 30.3 Å². The Morgan fingerprint density at radius 1 is 0.966 bits per heavy atom. The first-order valence-corrected chi connectivity index (χ1v) is 9.57. The van der Waals surface area contributed by atoms with Gasteiger partial charge in [0, 0.05) is 51.0 Å². The van der Waals surface area contributed by atoms with Gasteiger partial charge >= 0.3 is 6.18 Å². The minimum atomic E-state index is -4.35. The van der Waals surface area contributed by atoms with E-state index in [1.54, 1.807) is 0 Å². The van der Waals surface area contributed by atoms with E-state index in [2.05, 4.69) is 27.2 Å². The number of piperazine rings is 1. The van der Waals surface area contributed by atoms with Gasteiger partial charge in [0.05, 0.1) is 5.56 Å². The second-order valence-electron chi connectivity index (χ2n) is 6.91. The fourth-order valence-electron chi connectivity index (χ4n) is 3.22. The van der Waals surface area contributed by atoms with Crippen molar-refractivity contribution in [2.24, 2.45) is 0 Å². The molecule has 4 nitrogen and oxygen atoms in total. The standard InChI is InChI=1S/C22H24F3N3O/c23-22(24,25)19-9-6-18(7-10-19)8-11-21(29)26-12-13-27-14-16-28(17-15-27)20-4-2-1-3-5-20/h1-11H,12-17H2,(H,26,29)/b11-8+. The van der Waals surface area contributed by atoms with Crippen LogP contribution >= 0.6 is 0 Å². The second kappa shape index (κ2) is 9.60. The maximum Gasteiger partial charge on any atom is 0.416 e. The number of alkyl halides is 3. The van der Waals surface area contributed by atoms with Gasteiger partial charge in [-0.15, -0.1) is 0 Å². The number of anilines is 1. The van der Waals surface area contributed by atoms with Crippen molar-refractivity contribution in [1.29, 1.82) is 0 Å². The lowest BCUT2D eigenvalue weighted by atomic mass is 10.1. The van der Waals surface area contributed by atoms with Crippen molar-refractivity contribution in [3.05, 3.63) is 71.8 Å². The van der Waals surface area contributed by atoms with Gasteiger partial charge < -0.3 is 10.2 Å². The Labute approximate surface area is 168 Å². The first kappa shape index (κ1) is 20.9. The first-order chi connectivity index (χ1) is 13.9. The number of hydrogen-bond acceptors (Lipinski definition) is 3. The summed E-state index contributed by atoms with van der Waals surface area (Å²) >= 11 is 0. The number of nitrogens with zero attached hydrogens (tertiary/aromatic N) is 2. The van der Waals surface area contributed by atoms with Gasteiger partial charge in [0.1, 0.15) is 0 Å². The Morgan fingerprint density at radius 2 is 1.62 bits per heavy atom. The fourth-order valence-corrected chi connectivity index (χ4v) is 3.22. The van der Waals surface area contributed by atoms with Crippen molar-refractivity contribution in [2.75, 3.05) is 44.2 Å². The van der Waals surface area contributed by atoms with Gasteiger partial charge in [-0.05, 0) is 35.9 Å². The summed E-state index contributed by atoms with van der Waals surface area (Å²) in [6.45, 7) is 5.07. The van der Waals surface area contributed by atoms with E-state index in [1.165, 1.54) is 30.0 Å². The molecule has 1 saturated heterocycles. The average molecular weight is 403 g/mol. The molecule has 2 aromatic carbocycles. The molecule has 0 saturated carbocycles. The molecule has 0 atom stereocenters. The van der Waals surface area contributed by atoms with Crippen LogP contribution in [0.2, 0.25) is 0 Å². The molecule has 0 bridgehead atoms. The van der Waals surface area contributed by atoms with Crippen LogP contribution in [0.3, 0.4) is 0 Å². The lowest BCUT2D eigenvalue weighted by Gasteiger charge is -2.36. The van der Waals surface area contributed by atoms with Crippen molar-refractivity contribution in [3.8, 4) is 0 Å². The molecule has 0 unspecified atom stereocenters. The quantitative estimate of drug-likeness (QED) is 0.748. The van der Waals surface area contributed by atoms with E-state index in [1.807, 2.05) is 18.2 Å². The van der Waals surface area contributed by atoms with E-state index in [0.717, 1.165) is 44.9 Å². The van der Waals surface area contributed by atoms with Crippen LogP contribution in [0, 0.1) is 0 Å². The highest BCUT2D eigenvalue weighted by Gasteiger charge is 2.29. The van der Waals surface area contributed by atoms with E-state index < -0.39 is 11.7 Å². The molecule has 29 heavy (non-hydrogen) atoms. The number of amides is 1. The average Bonchev–Trinajstić information content (AvgIpc) is 2.73. The number of para-hydroxylation sites is 1. The molecule has 2 aromatic rings. The van der Waals surface area contributed by atoms with Crippen molar-refractivity contribution >= 4 is 17.7 Å². The van der Waals surface area contributed by atoms with Crippen LogP contribution < -0.4 is 10.2 Å². The van der Waals surface area contributed by atoms with Gasteiger partial charge in [0.25, 0.3) is 0 Å². The maximum atomic E-state index is 12.5. The van der Waals surface area contributed by atoms with Gasteiger partial charge in [-0.2, -0.15) is 13.2 Å². The van der Waals surface area contributed by atoms with Crippen LogP contribution in [0.15, 0.2) is 60.7 Å². The summed E-state index contributed by atoms with van der Waals surface area (Å²) in [5.74, 6) is -0.257. The molecule has 0 spiro atoms. The molecule has 0 aromatic heterocycles. The van der Waals surface area contributed by atoms with Gasteiger partial charge in [-0.3, -0.25) is 9.69 Å². The third kappa shape index (κ3) is 6.35. The number of hydrogen-bond donors (Lipinski definition) is 1. The van der Waals surface area contributed by atoms with E-state index in [4.69, 9.17) is 0 Å². The van der Waals surface area contributed by atoms with Crippen molar-refractivity contribution in [3.63, 3.8) is 0 Å². The van der Waals surface area contributed by atoms with Crippen molar-refractivity contribution < 1.29 is 18.0 Å². The summed E-state index contributed by atoms with van der Waals surface area (Å²) in [7, 11) is 0. The number of rotatable bonds is 6. The fraction of sp³-hybridized carbons (Fsp3) is 0.318. The summed E-state index contributed by atoms with van der Waals surface area (Å²) in [5.41, 5.74) is 1.07. The van der Waals surface area contributed by atoms with Crippen LogP contribution in [0.1, 0.15) is 11.1 Å². The molecule has 1 N–H and O–H groups in total.